The van der Waals surface area contributed by atoms with Crippen molar-refractivity contribution < 1.29 is 45.0 Å². The maximum Gasteiger partial charge on any atom is 0.407 e. The first kappa shape index (κ1) is 33.7. The van der Waals surface area contributed by atoms with Crippen LogP contribution >= 0.6 is 0 Å². The molecule has 42 heavy (non-hydrogen) atoms. The Kier molecular flexibility index (Phi) is 11.3. The number of ether oxygens (including phenoxy) is 3. The van der Waals surface area contributed by atoms with E-state index in [2.05, 4.69) is 10.1 Å². The summed E-state index contributed by atoms with van der Waals surface area (Å²) in [7, 11) is 0.384. The maximum atomic E-state index is 15.6. The van der Waals surface area contributed by atoms with Gasteiger partial charge in [0.25, 0.3) is 0 Å². The molecule has 0 amide bonds. The first-order chi connectivity index (χ1) is 19.7. The third kappa shape index (κ3) is 8.19. The minimum atomic E-state index is -4.87. The van der Waals surface area contributed by atoms with Crippen molar-refractivity contribution >= 4 is 16.0 Å². The molecule has 0 aromatic heterocycles. The second-order valence-corrected chi connectivity index (χ2v) is 12.4. The number of nitrogens with one attached hydrogen (secondary N) is 1. The molecule has 0 radical (unpaired) electrons. The van der Waals surface area contributed by atoms with E-state index in [1.807, 2.05) is 11.9 Å². The summed E-state index contributed by atoms with van der Waals surface area (Å²) in [5.74, 6) is -1.96. The van der Waals surface area contributed by atoms with Crippen LogP contribution in [0, 0.1) is 11.7 Å². The van der Waals surface area contributed by atoms with Gasteiger partial charge in [-0.3, -0.25) is 10.1 Å². The summed E-state index contributed by atoms with van der Waals surface area (Å²) in [6.07, 6.45) is -4.81. The van der Waals surface area contributed by atoms with Crippen LogP contribution in [0.4, 0.5) is 17.6 Å². The number of carbonyl (C=O) groups excluding carboxylic acids is 1. The van der Waals surface area contributed by atoms with Crippen molar-refractivity contribution in [1.29, 1.82) is 0 Å². The molecular formula is C28H37F4N3O6S. The summed E-state index contributed by atoms with van der Waals surface area (Å²) < 4.78 is 101. The highest BCUT2D eigenvalue weighted by molar-refractivity contribution is 7.89. The third-order valence-corrected chi connectivity index (χ3v) is 8.78. The molecular weight excluding hydrogens is 582 g/mol. The van der Waals surface area contributed by atoms with Crippen LogP contribution in [0.15, 0.2) is 41.3 Å². The van der Waals surface area contributed by atoms with Crippen molar-refractivity contribution in [3.05, 3.63) is 47.8 Å². The zero-order valence-corrected chi connectivity index (χ0v) is 25.0. The molecule has 1 heterocycles. The van der Waals surface area contributed by atoms with Crippen molar-refractivity contribution in [2.75, 3.05) is 54.2 Å². The molecule has 2 aromatic rings. The van der Waals surface area contributed by atoms with Gasteiger partial charge in [0.05, 0.1) is 12.0 Å². The summed E-state index contributed by atoms with van der Waals surface area (Å²) in [5.41, 5.74) is -0.620. The largest absolute Gasteiger partial charge is 0.468 e. The summed E-state index contributed by atoms with van der Waals surface area (Å²) in [6, 6.07) is 3.19. The molecule has 0 spiro atoms. The lowest BCUT2D eigenvalue weighted by Crippen LogP contribution is -2.47. The molecule has 1 fully saturated rings. The van der Waals surface area contributed by atoms with E-state index >= 15 is 4.39 Å². The Labute approximate surface area is 243 Å². The predicted octanol–water partition coefficient (Wildman–Crippen LogP) is 4.19. The van der Waals surface area contributed by atoms with Gasteiger partial charge in [-0.15, -0.1) is 0 Å². The molecule has 2 aromatic carbocycles. The second kappa shape index (κ2) is 14.1. The Hall–Kier alpha value is -2.78. The number of sulfonamides is 1. The molecule has 1 unspecified atom stereocenters. The fourth-order valence-electron chi connectivity index (χ4n) is 4.66. The molecule has 9 nitrogen and oxygen atoms in total. The summed E-state index contributed by atoms with van der Waals surface area (Å²) in [4.78, 5) is 14.1. The number of esters is 1. The summed E-state index contributed by atoms with van der Waals surface area (Å²) in [6.45, 7) is 4.88. The van der Waals surface area contributed by atoms with E-state index in [-0.39, 0.29) is 54.0 Å². The topological polar surface area (TPSA) is 97.4 Å². The van der Waals surface area contributed by atoms with E-state index in [1.165, 1.54) is 29.6 Å². The van der Waals surface area contributed by atoms with Crippen molar-refractivity contribution in [3.63, 3.8) is 0 Å². The Morgan fingerprint density at radius 2 is 1.69 bits per heavy atom. The minimum absolute atomic E-state index is 0.0232. The smallest absolute Gasteiger partial charge is 0.407 e. The SMILES string of the molecule is COCOc1ccc(S(=O)(=O)N2CCN(C)CC2)cc1-c1ccc(C(N[C@@H](CC(C)C)C(=O)OC)C(F)(F)F)cc1F. The lowest BCUT2D eigenvalue weighted by atomic mass is 9.97. The Bertz CT molecular complexity index is 1330. The highest BCUT2D eigenvalue weighted by Gasteiger charge is 2.43. The monoisotopic (exact) mass is 619 g/mol. The normalized spacial score (nSPS) is 16.8. The van der Waals surface area contributed by atoms with Crippen LogP contribution in [0.1, 0.15) is 31.9 Å². The molecule has 234 valence electrons. The van der Waals surface area contributed by atoms with Gasteiger partial charge in [0, 0.05) is 44.4 Å². The number of likely N-dealkylation sites (N-methyl/N-ethyl adjacent to an activating group) is 1. The third-order valence-electron chi connectivity index (χ3n) is 6.89. The number of halogens is 4. The molecule has 0 aliphatic carbocycles. The van der Waals surface area contributed by atoms with Crippen LogP contribution in [-0.2, 0) is 24.3 Å². The highest BCUT2D eigenvalue weighted by Crippen LogP contribution is 2.39. The zero-order valence-electron chi connectivity index (χ0n) is 24.2. The number of carbonyl (C=O) groups is 1. The molecule has 1 N–H and O–H groups in total. The molecule has 0 saturated carbocycles. The number of hydrogen-bond acceptors (Lipinski definition) is 8. The molecule has 1 aliphatic heterocycles. The number of alkyl halides is 3. The molecule has 14 heteroatoms. The number of methoxy groups -OCH3 is 2. The van der Waals surface area contributed by atoms with Gasteiger partial charge < -0.3 is 19.1 Å². The van der Waals surface area contributed by atoms with Gasteiger partial charge in [0.1, 0.15) is 23.7 Å². The van der Waals surface area contributed by atoms with Crippen molar-refractivity contribution in [2.24, 2.45) is 5.92 Å². The second-order valence-electron chi connectivity index (χ2n) is 10.5. The Balaban J connectivity index is 2.05. The quantitative estimate of drug-likeness (QED) is 0.215. The molecule has 0 bridgehead atoms. The molecule has 2 atom stereocenters. The highest BCUT2D eigenvalue weighted by atomic mass is 32.2. The van der Waals surface area contributed by atoms with Crippen LogP contribution < -0.4 is 10.1 Å². The average molecular weight is 620 g/mol. The predicted molar refractivity (Wildman–Crippen MR) is 148 cm³/mol. The lowest BCUT2D eigenvalue weighted by Gasteiger charge is -2.31. The number of hydrogen-bond donors (Lipinski definition) is 1. The Morgan fingerprint density at radius 3 is 2.24 bits per heavy atom. The fourth-order valence-corrected chi connectivity index (χ4v) is 6.11. The van der Waals surface area contributed by atoms with Crippen molar-refractivity contribution in [3.8, 4) is 16.9 Å². The number of benzene rings is 2. The van der Waals surface area contributed by atoms with Gasteiger partial charge in [-0.25, -0.2) is 12.8 Å². The van der Waals surface area contributed by atoms with Gasteiger partial charge in [-0.05, 0) is 49.2 Å². The average Bonchev–Trinajstić information content (AvgIpc) is 2.93. The molecule has 1 saturated heterocycles. The van der Waals surface area contributed by atoms with Crippen LogP contribution in [0.5, 0.6) is 5.75 Å². The molecule has 1 aliphatic rings. The van der Waals surface area contributed by atoms with E-state index in [4.69, 9.17) is 9.47 Å². The van der Waals surface area contributed by atoms with E-state index < -0.39 is 45.6 Å². The first-order valence-corrected chi connectivity index (χ1v) is 14.8. The van der Waals surface area contributed by atoms with Crippen LogP contribution in [0.2, 0.25) is 0 Å². The number of nitrogens with zero attached hydrogens (tertiary/aromatic N) is 2. The van der Waals surface area contributed by atoms with Crippen LogP contribution in [0.25, 0.3) is 11.1 Å². The van der Waals surface area contributed by atoms with E-state index in [0.717, 1.165) is 19.2 Å². The number of piperazine rings is 1. The first-order valence-electron chi connectivity index (χ1n) is 13.3. The van der Waals surface area contributed by atoms with E-state index in [9.17, 15) is 26.4 Å². The minimum Gasteiger partial charge on any atom is -0.468 e. The van der Waals surface area contributed by atoms with Gasteiger partial charge in [0.15, 0.2) is 6.79 Å². The Morgan fingerprint density at radius 1 is 1.02 bits per heavy atom. The van der Waals surface area contributed by atoms with Gasteiger partial charge in [-0.1, -0.05) is 26.0 Å². The van der Waals surface area contributed by atoms with Gasteiger partial charge in [0.2, 0.25) is 10.0 Å². The van der Waals surface area contributed by atoms with Crippen LogP contribution in [-0.4, -0.2) is 90.0 Å². The van der Waals surface area contributed by atoms with E-state index in [0.29, 0.717) is 19.2 Å². The van der Waals surface area contributed by atoms with Gasteiger partial charge >= 0.3 is 12.1 Å². The van der Waals surface area contributed by atoms with Gasteiger partial charge in [-0.2, -0.15) is 17.5 Å². The van der Waals surface area contributed by atoms with Crippen molar-refractivity contribution in [1.82, 2.24) is 14.5 Å². The number of rotatable bonds is 12. The summed E-state index contributed by atoms with van der Waals surface area (Å²) in [5, 5.41) is 2.29. The standard InChI is InChI=1S/C28H37F4N3O6S/c1-18(2)14-24(27(36)40-5)33-26(28(30,31)32)19-6-8-21(23(29)15-19)22-16-20(7-9-25(22)41-17-39-4)42(37,38)35-12-10-34(3)11-13-35/h6-9,15-16,18,24,26,33H,10-14,17H2,1-5H3/t24-,26?/m0/s1. The van der Waals surface area contributed by atoms with E-state index in [1.54, 1.807) is 13.8 Å². The summed E-state index contributed by atoms with van der Waals surface area (Å²) >= 11 is 0. The lowest BCUT2D eigenvalue weighted by molar-refractivity contribution is -0.164. The van der Waals surface area contributed by atoms with Crippen LogP contribution in [0.3, 0.4) is 0 Å². The fraction of sp³-hybridized carbons (Fsp3) is 0.536. The maximum absolute atomic E-state index is 15.6. The molecule has 3 rings (SSSR count). The zero-order chi connectivity index (χ0) is 31.2. The van der Waals surface area contributed by atoms with Crippen molar-refractivity contribution in [2.45, 2.75) is 43.4 Å².